The summed E-state index contributed by atoms with van der Waals surface area (Å²) in [7, 11) is 0. The first-order valence-electron chi connectivity index (χ1n) is 21.1. The van der Waals surface area contributed by atoms with Crippen LogP contribution in [-0.4, -0.2) is 0 Å². The summed E-state index contributed by atoms with van der Waals surface area (Å²) in [5.74, 6) is 4.48. The molecule has 4 rings (SSSR count). The molecular formula is C48H78. The highest BCUT2D eigenvalue weighted by molar-refractivity contribution is 5.64. The quantitative estimate of drug-likeness (QED) is 0.128. The van der Waals surface area contributed by atoms with E-state index in [1.165, 1.54) is 116 Å². The number of hydrogen-bond donors (Lipinski definition) is 0. The molecule has 0 bridgehead atoms. The van der Waals surface area contributed by atoms with Gasteiger partial charge in [0.1, 0.15) is 0 Å². The maximum Gasteiger partial charge on any atom is -0.00142 e. The van der Waals surface area contributed by atoms with Gasteiger partial charge in [0.25, 0.3) is 0 Å². The molecule has 0 saturated heterocycles. The topological polar surface area (TPSA) is 0 Å². The molecule has 0 atom stereocenters. The molecule has 2 aliphatic rings. The minimum Gasteiger partial charge on any atom is -0.0628 e. The second-order valence-corrected chi connectivity index (χ2v) is 18.9. The summed E-state index contributed by atoms with van der Waals surface area (Å²) < 4.78 is 0. The summed E-state index contributed by atoms with van der Waals surface area (Å²) in [6, 6.07) is 0. The van der Waals surface area contributed by atoms with Crippen molar-refractivity contribution in [3.63, 3.8) is 0 Å². The van der Waals surface area contributed by atoms with Gasteiger partial charge in [-0.2, -0.15) is 0 Å². The largest absolute Gasteiger partial charge is 0.0628 e. The number of hydrogen-bond acceptors (Lipinski definition) is 0. The lowest BCUT2D eigenvalue weighted by molar-refractivity contribution is 0.549. The normalized spacial score (nSPS) is 14.6. The van der Waals surface area contributed by atoms with Crippen LogP contribution < -0.4 is 0 Å². The van der Waals surface area contributed by atoms with E-state index in [0.29, 0.717) is 0 Å². The van der Waals surface area contributed by atoms with Gasteiger partial charge in [-0.3, -0.25) is 0 Å². The fourth-order valence-corrected chi connectivity index (χ4v) is 9.01. The van der Waals surface area contributed by atoms with Crippen LogP contribution in [0.4, 0.5) is 0 Å². The average molecular weight is 655 g/mol. The van der Waals surface area contributed by atoms with Crippen LogP contribution in [0.25, 0.3) is 0 Å². The van der Waals surface area contributed by atoms with Gasteiger partial charge in [-0.15, -0.1) is 0 Å². The molecule has 0 nitrogen and oxygen atoms in total. The van der Waals surface area contributed by atoms with Gasteiger partial charge in [0.15, 0.2) is 0 Å². The van der Waals surface area contributed by atoms with Crippen molar-refractivity contribution in [2.24, 2.45) is 35.5 Å². The molecule has 48 heavy (non-hydrogen) atoms. The zero-order valence-electron chi connectivity index (χ0n) is 34.2. The maximum absolute atomic E-state index is 2.45. The second kappa shape index (κ2) is 18.1. The van der Waals surface area contributed by atoms with Gasteiger partial charge in [-0.05, 0) is 218 Å². The van der Waals surface area contributed by atoms with Crippen LogP contribution in [-0.2, 0) is 64.2 Å². The van der Waals surface area contributed by atoms with E-state index in [0.717, 1.165) is 35.5 Å². The van der Waals surface area contributed by atoms with E-state index in [1.54, 1.807) is 0 Å². The van der Waals surface area contributed by atoms with E-state index in [1.807, 2.05) is 66.8 Å². The van der Waals surface area contributed by atoms with Crippen molar-refractivity contribution < 1.29 is 0 Å². The van der Waals surface area contributed by atoms with E-state index >= 15 is 0 Å². The predicted molar refractivity (Wildman–Crippen MR) is 214 cm³/mol. The van der Waals surface area contributed by atoms with Crippen molar-refractivity contribution >= 4 is 0 Å². The van der Waals surface area contributed by atoms with Crippen LogP contribution in [0.5, 0.6) is 0 Å². The Morgan fingerprint density at radius 2 is 0.521 bits per heavy atom. The van der Waals surface area contributed by atoms with Crippen LogP contribution in [0.1, 0.15) is 201 Å². The third-order valence-corrected chi connectivity index (χ3v) is 12.0. The molecule has 0 fully saturated rings. The highest BCUT2D eigenvalue weighted by atomic mass is 14.4. The molecule has 0 heterocycles. The van der Waals surface area contributed by atoms with Crippen molar-refractivity contribution in [1.82, 2.24) is 0 Å². The lowest BCUT2D eigenvalue weighted by Gasteiger charge is -2.36. The zero-order chi connectivity index (χ0) is 35.1. The Balaban J connectivity index is 2.05. The van der Waals surface area contributed by atoms with E-state index < -0.39 is 0 Å². The molecule has 2 aliphatic carbocycles. The summed E-state index contributed by atoms with van der Waals surface area (Å²) in [6.45, 7) is 29.3. The summed E-state index contributed by atoms with van der Waals surface area (Å²) in [5.41, 5.74) is 21.8. The third kappa shape index (κ3) is 10.0. The van der Waals surface area contributed by atoms with Crippen LogP contribution in [0, 0.1) is 35.5 Å². The van der Waals surface area contributed by atoms with Gasteiger partial charge in [-0.1, -0.05) is 83.1 Å². The number of fused-ring (bicyclic) bond motifs is 3. The first kappa shape index (κ1) is 39.2. The first-order chi connectivity index (χ1) is 22.8. The molecule has 0 amide bonds. The molecule has 0 saturated carbocycles. The molecule has 0 aromatic heterocycles. The highest BCUT2D eigenvalue weighted by Gasteiger charge is 2.32. The Hall–Kier alpha value is -1.56. The molecule has 0 N–H and O–H groups in total. The van der Waals surface area contributed by atoms with Crippen LogP contribution in [0.15, 0.2) is 0 Å². The smallest absolute Gasteiger partial charge is 0.00142 e. The van der Waals surface area contributed by atoms with Crippen LogP contribution in [0.3, 0.4) is 0 Å². The maximum atomic E-state index is 2.45. The predicted octanol–water partition coefficient (Wildman–Crippen LogP) is 13.6. The summed E-state index contributed by atoms with van der Waals surface area (Å²) in [4.78, 5) is 0. The van der Waals surface area contributed by atoms with Gasteiger partial charge in [-0.25, -0.2) is 0 Å². The second-order valence-electron chi connectivity index (χ2n) is 18.9. The van der Waals surface area contributed by atoms with E-state index in [-0.39, 0.29) is 0 Å². The van der Waals surface area contributed by atoms with Gasteiger partial charge in [0.2, 0.25) is 0 Å². The van der Waals surface area contributed by atoms with Gasteiger partial charge in [0, 0.05) is 0 Å². The standard InChI is InChI=1S/C48H78/c1-31(2)17-23-39-40(24-18-32(3)4)44(28-22-36(11)12)48-30-46-42(26-20-34(7)8)38-16-14-13-15-37(38)41(25-19-33(5)6)45(46)29-47(48)43(39)27-21-35(9)10/h31-36H,13-30H2,1-12H3. The fraction of sp³-hybridized carbons (Fsp3) is 0.750. The van der Waals surface area contributed by atoms with Crippen molar-refractivity contribution in [3.05, 3.63) is 66.8 Å². The van der Waals surface area contributed by atoms with Gasteiger partial charge >= 0.3 is 0 Å². The lowest BCUT2D eigenvalue weighted by atomic mass is 9.68. The number of benzene rings is 2. The van der Waals surface area contributed by atoms with Gasteiger partial charge in [0.05, 0.1) is 0 Å². The Labute approximate surface area is 300 Å². The number of rotatable bonds is 18. The molecule has 270 valence electrons. The summed E-state index contributed by atoms with van der Waals surface area (Å²) in [6.07, 6.45) is 23.4. The Morgan fingerprint density at radius 1 is 0.292 bits per heavy atom. The summed E-state index contributed by atoms with van der Waals surface area (Å²) >= 11 is 0. The lowest BCUT2D eigenvalue weighted by Crippen LogP contribution is -2.24. The SMILES string of the molecule is CC(C)CCc1c(CCC(C)C)c(CCC(C)C)c2c(c1CCC(C)C)Cc1c(CCC(C)C)c3c(c(CCC(C)C)c1C2)CCCC3. The highest BCUT2D eigenvalue weighted by Crippen LogP contribution is 2.45. The summed E-state index contributed by atoms with van der Waals surface area (Å²) in [5, 5.41) is 0. The minimum atomic E-state index is 0.741. The van der Waals surface area contributed by atoms with Crippen LogP contribution in [0.2, 0.25) is 0 Å². The molecule has 0 spiro atoms. The molecule has 0 heteroatoms. The van der Waals surface area contributed by atoms with Crippen LogP contribution >= 0.6 is 0 Å². The minimum absolute atomic E-state index is 0.741. The molecule has 0 unspecified atom stereocenters. The zero-order valence-corrected chi connectivity index (χ0v) is 34.2. The molecule has 2 aromatic carbocycles. The Kier molecular flexibility index (Phi) is 14.8. The molecule has 0 radical (unpaired) electrons. The van der Waals surface area contributed by atoms with Gasteiger partial charge < -0.3 is 0 Å². The fourth-order valence-electron chi connectivity index (χ4n) is 9.01. The van der Waals surface area contributed by atoms with Crippen molar-refractivity contribution in [2.75, 3.05) is 0 Å². The Bertz CT molecular complexity index is 1230. The van der Waals surface area contributed by atoms with Crippen molar-refractivity contribution in [3.8, 4) is 0 Å². The first-order valence-corrected chi connectivity index (χ1v) is 21.1. The van der Waals surface area contributed by atoms with E-state index in [4.69, 9.17) is 0 Å². The van der Waals surface area contributed by atoms with E-state index in [9.17, 15) is 0 Å². The van der Waals surface area contributed by atoms with E-state index in [2.05, 4.69) is 83.1 Å². The third-order valence-electron chi connectivity index (χ3n) is 12.0. The molecule has 2 aromatic rings. The molecular weight excluding hydrogens is 577 g/mol. The average Bonchev–Trinajstić information content (AvgIpc) is 3.01. The monoisotopic (exact) mass is 655 g/mol. The van der Waals surface area contributed by atoms with Crippen molar-refractivity contribution in [2.45, 2.75) is 199 Å². The van der Waals surface area contributed by atoms with Crippen molar-refractivity contribution in [1.29, 1.82) is 0 Å². The Morgan fingerprint density at radius 3 is 0.792 bits per heavy atom. The molecule has 0 aliphatic heterocycles.